The van der Waals surface area contributed by atoms with Crippen LogP contribution in [-0.2, 0) is 11.2 Å². The Hall–Kier alpha value is -2.24. The monoisotopic (exact) mass is 372 g/mol. The number of carbonyl (C=O) groups is 1. The molecule has 2 aromatic carbocycles. The van der Waals surface area contributed by atoms with E-state index in [0.29, 0.717) is 17.1 Å². The molecule has 0 spiro atoms. The zero-order valence-corrected chi connectivity index (χ0v) is 15.8. The first-order chi connectivity index (χ1) is 12.5. The second kappa shape index (κ2) is 8.43. The number of halogens is 1. The Kier molecular flexibility index (Phi) is 6.01. The molecular weight excluding hydrogens is 348 g/mol. The fraction of sp³-hybridized carbons (Fsp3) is 0.350. The molecule has 2 aromatic rings. The van der Waals surface area contributed by atoms with Gasteiger partial charge in [-0.2, -0.15) is 0 Å². The Morgan fingerprint density at radius 3 is 2.46 bits per heavy atom. The average molecular weight is 373 g/mol. The quantitative estimate of drug-likeness (QED) is 0.791. The van der Waals surface area contributed by atoms with Crippen molar-refractivity contribution in [3.05, 3.63) is 53.1 Å². The SMILES string of the molecule is CCN1CCN(c2ccc(N)cc2NC(=O)Cc2ccc(Cl)cc2)CC1. The number of rotatable bonds is 5. The minimum atomic E-state index is -0.0635. The van der Waals surface area contributed by atoms with Gasteiger partial charge in [-0.25, -0.2) is 0 Å². The van der Waals surface area contributed by atoms with E-state index in [4.69, 9.17) is 17.3 Å². The molecule has 0 aromatic heterocycles. The minimum Gasteiger partial charge on any atom is -0.399 e. The molecule has 1 heterocycles. The number of nitrogens with zero attached hydrogens (tertiary/aromatic N) is 2. The van der Waals surface area contributed by atoms with E-state index in [2.05, 4.69) is 22.0 Å². The maximum Gasteiger partial charge on any atom is 0.228 e. The maximum absolute atomic E-state index is 12.5. The van der Waals surface area contributed by atoms with Crippen LogP contribution in [0.3, 0.4) is 0 Å². The first kappa shape index (κ1) is 18.5. The number of nitrogens with one attached hydrogen (secondary N) is 1. The molecule has 0 aliphatic carbocycles. The number of anilines is 3. The van der Waals surface area contributed by atoms with Crippen molar-refractivity contribution < 1.29 is 4.79 Å². The summed E-state index contributed by atoms with van der Waals surface area (Å²) in [6.45, 7) is 7.19. The van der Waals surface area contributed by atoms with Crippen LogP contribution in [-0.4, -0.2) is 43.5 Å². The number of likely N-dealkylation sites (N-methyl/N-ethyl adjacent to an activating group) is 1. The Morgan fingerprint density at radius 1 is 1.12 bits per heavy atom. The molecule has 0 atom stereocenters. The van der Waals surface area contributed by atoms with E-state index in [1.165, 1.54) is 0 Å². The number of hydrogen-bond donors (Lipinski definition) is 2. The van der Waals surface area contributed by atoms with Crippen LogP contribution in [0.1, 0.15) is 12.5 Å². The van der Waals surface area contributed by atoms with Gasteiger partial charge in [0.2, 0.25) is 5.91 Å². The summed E-state index contributed by atoms with van der Waals surface area (Å²) in [4.78, 5) is 17.2. The molecule has 26 heavy (non-hydrogen) atoms. The largest absolute Gasteiger partial charge is 0.399 e. The molecule has 0 radical (unpaired) electrons. The molecular formula is C20H25ClN4O. The molecule has 1 saturated heterocycles. The summed E-state index contributed by atoms with van der Waals surface area (Å²) < 4.78 is 0. The van der Waals surface area contributed by atoms with Crippen molar-refractivity contribution >= 4 is 34.6 Å². The molecule has 3 N–H and O–H groups in total. The Bertz CT molecular complexity index is 755. The molecule has 1 fully saturated rings. The highest BCUT2D eigenvalue weighted by atomic mass is 35.5. The van der Waals surface area contributed by atoms with Crippen LogP contribution in [0.4, 0.5) is 17.1 Å². The van der Waals surface area contributed by atoms with Gasteiger partial charge in [-0.05, 0) is 42.4 Å². The van der Waals surface area contributed by atoms with Crippen molar-refractivity contribution in [2.75, 3.05) is 48.7 Å². The highest BCUT2D eigenvalue weighted by molar-refractivity contribution is 6.30. The standard InChI is InChI=1S/C20H25ClN4O/c1-2-24-9-11-25(12-10-24)19-8-7-17(22)14-18(19)23-20(26)13-15-3-5-16(21)6-4-15/h3-8,14H,2,9-13,22H2,1H3,(H,23,26). The van der Waals surface area contributed by atoms with E-state index < -0.39 is 0 Å². The third kappa shape index (κ3) is 4.68. The first-order valence-electron chi connectivity index (χ1n) is 8.96. The number of benzene rings is 2. The number of amides is 1. The Labute approximate surface area is 159 Å². The second-order valence-electron chi connectivity index (χ2n) is 6.55. The fourth-order valence-corrected chi connectivity index (χ4v) is 3.34. The van der Waals surface area contributed by atoms with Gasteiger partial charge in [0.25, 0.3) is 0 Å². The molecule has 5 nitrogen and oxygen atoms in total. The van der Waals surface area contributed by atoms with E-state index >= 15 is 0 Å². The number of nitrogens with two attached hydrogens (primary N) is 1. The number of piperazine rings is 1. The number of carbonyl (C=O) groups excluding carboxylic acids is 1. The van der Waals surface area contributed by atoms with Crippen LogP contribution >= 0.6 is 11.6 Å². The van der Waals surface area contributed by atoms with Crippen molar-refractivity contribution in [3.63, 3.8) is 0 Å². The summed E-state index contributed by atoms with van der Waals surface area (Å²) in [5.41, 5.74) is 9.32. The summed E-state index contributed by atoms with van der Waals surface area (Å²) >= 11 is 5.90. The van der Waals surface area contributed by atoms with Gasteiger partial charge >= 0.3 is 0 Å². The average Bonchev–Trinajstić information content (AvgIpc) is 2.64. The molecule has 0 unspecified atom stereocenters. The lowest BCUT2D eigenvalue weighted by molar-refractivity contribution is -0.115. The van der Waals surface area contributed by atoms with Gasteiger partial charge < -0.3 is 20.9 Å². The topological polar surface area (TPSA) is 61.6 Å². The van der Waals surface area contributed by atoms with Gasteiger partial charge in [0, 0.05) is 36.9 Å². The van der Waals surface area contributed by atoms with Crippen LogP contribution in [0.15, 0.2) is 42.5 Å². The summed E-state index contributed by atoms with van der Waals surface area (Å²) in [5, 5.41) is 3.70. The molecule has 1 amide bonds. The highest BCUT2D eigenvalue weighted by Gasteiger charge is 2.19. The Morgan fingerprint density at radius 2 is 1.81 bits per heavy atom. The summed E-state index contributed by atoms with van der Waals surface area (Å²) in [5.74, 6) is -0.0635. The van der Waals surface area contributed by atoms with Crippen LogP contribution in [0, 0.1) is 0 Å². The second-order valence-corrected chi connectivity index (χ2v) is 6.99. The smallest absolute Gasteiger partial charge is 0.228 e. The van der Waals surface area contributed by atoms with Crippen molar-refractivity contribution in [1.82, 2.24) is 4.90 Å². The van der Waals surface area contributed by atoms with Crippen LogP contribution in [0.5, 0.6) is 0 Å². The molecule has 138 valence electrons. The maximum atomic E-state index is 12.5. The van der Waals surface area contributed by atoms with Gasteiger partial charge in [0.05, 0.1) is 17.8 Å². The van der Waals surface area contributed by atoms with Gasteiger partial charge in [0.1, 0.15) is 0 Å². The zero-order chi connectivity index (χ0) is 18.5. The lowest BCUT2D eigenvalue weighted by atomic mass is 10.1. The zero-order valence-electron chi connectivity index (χ0n) is 15.0. The number of nitrogen functional groups attached to an aromatic ring is 1. The van der Waals surface area contributed by atoms with E-state index in [-0.39, 0.29) is 5.91 Å². The predicted octanol–water partition coefficient (Wildman–Crippen LogP) is 3.25. The van der Waals surface area contributed by atoms with Crippen LogP contribution in [0.25, 0.3) is 0 Å². The summed E-state index contributed by atoms with van der Waals surface area (Å²) in [6.07, 6.45) is 0.301. The van der Waals surface area contributed by atoms with Crippen molar-refractivity contribution in [2.24, 2.45) is 0 Å². The van der Waals surface area contributed by atoms with Crippen molar-refractivity contribution in [2.45, 2.75) is 13.3 Å². The molecule has 1 aliphatic heterocycles. The van der Waals surface area contributed by atoms with E-state index in [1.807, 2.05) is 30.3 Å². The molecule has 0 bridgehead atoms. The lowest BCUT2D eigenvalue weighted by Crippen LogP contribution is -2.46. The van der Waals surface area contributed by atoms with Crippen molar-refractivity contribution in [3.8, 4) is 0 Å². The fourth-order valence-electron chi connectivity index (χ4n) is 3.22. The van der Waals surface area contributed by atoms with E-state index in [9.17, 15) is 4.79 Å². The normalized spacial score (nSPS) is 15.1. The summed E-state index contributed by atoms with van der Waals surface area (Å²) in [7, 11) is 0. The predicted molar refractivity (Wildman–Crippen MR) is 109 cm³/mol. The Balaban J connectivity index is 1.71. The van der Waals surface area contributed by atoms with Crippen LogP contribution in [0.2, 0.25) is 5.02 Å². The minimum absolute atomic E-state index is 0.0635. The molecule has 0 saturated carbocycles. The van der Waals surface area contributed by atoms with Gasteiger partial charge in [0.15, 0.2) is 0 Å². The van der Waals surface area contributed by atoms with E-state index in [1.54, 1.807) is 12.1 Å². The molecule has 1 aliphatic rings. The molecule has 3 rings (SSSR count). The lowest BCUT2D eigenvalue weighted by Gasteiger charge is -2.36. The van der Waals surface area contributed by atoms with Crippen LogP contribution < -0.4 is 16.0 Å². The van der Waals surface area contributed by atoms with Crippen molar-refractivity contribution in [1.29, 1.82) is 0 Å². The third-order valence-corrected chi connectivity index (χ3v) is 4.98. The highest BCUT2D eigenvalue weighted by Crippen LogP contribution is 2.29. The van der Waals surface area contributed by atoms with Gasteiger partial charge in [-0.15, -0.1) is 0 Å². The summed E-state index contributed by atoms with van der Waals surface area (Å²) in [6, 6.07) is 13.0. The van der Waals surface area contributed by atoms with E-state index in [0.717, 1.165) is 49.7 Å². The van der Waals surface area contributed by atoms with Gasteiger partial charge in [-0.1, -0.05) is 30.7 Å². The first-order valence-corrected chi connectivity index (χ1v) is 9.34. The molecule has 6 heteroatoms. The third-order valence-electron chi connectivity index (χ3n) is 4.73. The number of hydrogen-bond acceptors (Lipinski definition) is 4. The van der Waals surface area contributed by atoms with Gasteiger partial charge in [-0.3, -0.25) is 4.79 Å².